The van der Waals surface area contributed by atoms with Gasteiger partial charge in [0.1, 0.15) is 5.01 Å². The van der Waals surface area contributed by atoms with Gasteiger partial charge in [-0.25, -0.2) is 4.98 Å². The summed E-state index contributed by atoms with van der Waals surface area (Å²) in [5.74, 6) is 0.847. The van der Waals surface area contributed by atoms with Crippen LogP contribution in [0.5, 0.6) is 0 Å². The Hall–Kier alpha value is -0.410. The summed E-state index contributed by atoms with van der Waals surface area (Å²) in [6, 6.07) is 0.726. The van der Waals surface area contributed by atoms with Crippen molar-refractivity contribution in [3.63, 3.8) is 0 Å². The Morgan fingerprint density at radius 3 is 3.15 bits per heavy atom. The Labute approximate surface area is 83.4 Å². The summed E-state index contributed by atoms with van der Waals surface area (Å²) in [4.78, 5) is 4.26. The fraction of sp³-hybridized carbons (Fsp3) is 0.700. The van der Waals surface area contributed by atoms with E-state index in [1.54, 1.807) is 11.3 Å². The maximum Gasteiger partial charge on any atom is 0.106 e. The van der Waals surface area contributed by atoms with Crippen molar-refractivity contribution in [2.45, 2.75) is 38.8 Å². The van der Waals surface area contributed by atoms with E-state index < -0.39 is 0 Å². The standard InChI is InChI=1S/C10H16N2S/c1-8-3-2-4-9(8)12-7-10-11-5-6-13-10/h5-6,8-9,12H,2-4,7H2,1H3. The molecule has 0 bridgehead atoms. The molecular weight excluding hydrogens is 180 g/mol. The van der Waals surface area contributed by atoms with Crippen LogP contribution in [0.25, 0.3) is 0 Å². The number of nitrogens with zero attached hydrogens (tertiary/aromatic N) is 1. The zero-order valence-electron chi connectivity index (χ0n) is 7.99. The van der Waals surface area contributed by atoms with Crippen LogP contribution in [0.2, 0.25) is 0 Å². The first-order valence-corrected chi connectivity index (χ1v) is 5.86. The SMILES string of the molecule is CC1CCCC1NCc1nccs1. The number of thiazole rings is 1. The van der Waals surface area contributed by atoms with Gasteiger partial charge in [0.05, 0.1) is 0 Å². The maximum atomic E-state index is 4.26. The first-order chi connectivity index (χ1) is 6.36. The third-order valence-corrected chi connectivity index (χ3v) is 3.64. The highest BCUT2D eigenvalue weighted by molar-refractivity contribution is 7.09. The summed E-state index contributed by atoms with van der Waals surface area (Å²) in [5.41, 5.74) is 0. The van der Waals surface area contributed by atoms with Gasteiger partial charge in [0, 0.05) is 24.2 Å². The second kappa shape index (κ2) is 4.20. The molecule has 0 aromatic carbocycles. The second-order valence-electron chi connectivity index (χ2n) is 3.82. The average molecular weight is 196 g/mol. The molecule has 13 heavy (non-hydrogen) atoms. The van der Waals surface area contributed by atoms with Crippen LogP contribution in [0.4, 0.5) is 0 Å². The maximum absolute atomic E-state index is 4.26. The first-order valence-electron chi connectivity index (χ1n) is 4.98. The first kappa shape index (κ1) is 9.16. The highest BCUT2D eigenvalue weighted by Gasteiger charge is 2.22. The topological polar surface area (TPSA) is 24.9 Å². The van der Waals surface area contributed by atoms with Gasteiger partial charge in [-0.3, -0.25) is 0 Å². The number of hydrogen-bond donors (Lipinski definition) is 1. The Kier molecular flexibility index (Phi) is 2.96. The fourth-order valence-electron chi connectivity index (χ4n) is 2.01. The smallest absolute Gasteiger partial charge is 0.106 e. The number of aromatic nitrogens is 1. The summed E-state index contributed by atoms with van der Waals surface area (Å²) in [6.07, 6.45) is 5.98. The van der Waals surface area contributed by atoms with Gasteiger partial charge >= 0.3 is 0 Å². The summed E-state index contributed by atoms with van der Waals surface area (Å²) >= 11 is 1.73. The van der Waals surface area contributed by atoms with E-state index in [0.717, 1.165) is 18.5 Å². The molecule has 2 unspecified atom stereocenters. The molecule has 1 aromatic rings. The van der Waals surface area contributed by atoms with Crippen LogP contribution >= 0.6 is 11.3 Å². The van der Waals surface area contributed by atoms with Crippen molar-refractivity contribution in [1.82, 2.24) is 10.3 Å². The molecule has 3 heteroatoms. The van der Waals surface area contributed by atoms with Crippen molar-refractivity contribution in [2.75, 3.05) is 0 Å². The summed E-state index contributed by atoms with van der Waals surface area (Å²) < 4.78 is 0. The van der Waals surface area contributed by atoms with E-state index in [9.17, 15) is 0 Å². The molecule has 72 valence electrons. The van der Waals surface area contributed by atoms with Crippen molar-refractivity contribution in [3.8, 4) is 0 Å². The van der Waals surface area contributed by atoms with E-state index in [4.69, 9.17) is 0 Å². The van der Waals surface area contributed by atoms with E-state index in [-0.39, 0.29) is 0 Å². The van der Waals surface area contributed by atoms with E-state index in [1.807, 2.05) is 11.6 Å². The van der Waals surface area contributed by atoms with Gasteiger partial charge in [-0.2, -0.15) is 0 Å². The lowest BCUT2D eigenvalue weighted by Crippen LogP contribution is -2.30. The average Bonchev–Trinajstić information content (AvgIpc) is 2.72. The van der Waals surface area contributed by atoms with E-state index in [1.165, 1.54) is 24.3 Å². The molecule has 0 aliphatic heterocycles. The van der Waals surface area contributed by atoms with Crippen LogP contribution in [0.3, 0.4) is 0 Å². The van der Waals surface area contributed by atoms with Crippen molar-refractivity contribution in [3.05, 3.63) is 16.6 Å². The molecular formula is C10H16N2S. The Morgan fingerprint density at radius 2 is 2.54 bits per heavy atom. The van der Waals surface area contributed by atoms with Crippen LogP contribution in [0, 0.1) is 5.92 Å². The van der Waals surface area contributed by atoms with Crippen LogP contribution in [0.1, 0.15) is 31.2 Å². The molecule has 0 amide bonds. The molecule has 1 aliphatic carbocycles. The minimum absolute atomic E-state index is 0.726. The van der Waals surface area contributed by atoms with Gasteiger partial charge in [-0.15, -0.1) is 11.3 Å². The summed E-state index contributed by atoms with van der Waals surface area (Å²) in [7, 11) is 0. The molecule has 1 heterocycles. The number of rotatable bonds is 3. The highest BCUT2D eigenvalue weighted by atomic mass is 32.1. The zero-order chi connectivity index (χ0) is 9.10. The van der Waals surface area contributed by atoms with Gasteiger partial charge in [-0.1, -0.05) is 13.3 Å². The van der Waals surface area contributed by atoms with Crippen LogP contribution in [-0.2, 0) is 6.54 Å². The summed E-state index contributed by atoms with van der Waals surface area (Å²) in [5, 5.41) is 6.83. The molecule has 2 nitrogen and oxygen atoms in total. The highest BCUT2D eigenvalue weighted by Crippen LogP contribution is 2.25. The molecule has 0 spiro atoms. The fourth-order valence-corrected chi connectivity index (χ4v) is 2.57. The van der Waals surface area contributed by atoms with Gasteiger partial charge in [0.2, 0.25) is 0 Å². The molecule has 1 fully saturated rings. The molecule has 2 atom stereocenters. The van der Waals surface area contributed by atoms with Crippen LogP contribution in [-0.4, -0.2) is 11.0 Å². The molecule has 1 N–H and O–H groups in total. The zero-order valence-corrected chi connectivity index (χ0v) is 8.81. The minimum atomic E-state index is 0.726. The predicted octanol–water partition coefficient (Wildman–Crippen LogP) is 2.42. The summed E-state index contributed by atoms with van der Waals surface area (Å²) in [6.45, 7) is 3.29. The van der Waals surface area contributed by atoms with Gasteiger partial charge < -0.3 is 5.32 Å². The Balaban J connectivity index is 1.79. The lowest BCUT2D eigenvalue weighted by Gasteiger charge is -2.15. The second-order valence-corrected chi connectivity index (χ2v) is 4.80. The molecule has 2 rings (SSSR count). The molecule has 0 saturated heterocycles. The van der Waals surface area contributed by atoms with Crippen molar-refractivity contribution in [2.24, 2.45) is 5.92 Å². The quantitative estimate of drug-likeness (QED) is 0.803. The van der Waals surface area contributed by atoms with Crippen LogP contribution < -0.4 is 5.32 Å². The Morgan fingerprint density at radius 1 is 1.62 bits per heavy atom. The number of hydrogen-bond acceptors (Lipinski definition) is 3. The third kappa shape index (κ3) is 2.29. The Bertz CT molecular complexity index is 245. The molecule has 1 saturated carbocycles. The predicted molar refractivity (Wildman–Crippen MR) is 55.8 cm³/mol. The monoisotopic (exact) mass is 196 g/mol. The normalized spacial score (nSPS) is 28.1. The lowest BCUT2D eigenvalue weighted by atomic mass is 10.1. The molecule has 1 aromatic heterocycles. The van der Waals surface area contributed by atoms with Crippen molar-refractivity contribution >= 4 is 11.3 Å². The van der Waals surface area contributed by atoms with Gasteiger partial charge in [0.15, 0.2) is 0 Å². The molecule has 0 radical (unpaired) electrons. The minimum Gasteiger partial charge on any atom is -0.307 e. The van der Waals surface area contributed by atoms with Crippen molar-refractivity contribution < 1.29 is 0 Å². The van der Waals surface area contributed by atoms with E-state index in [0.29, 0.717) is 0 Å². The third-order valence-electron chi connectivity index (χ3n) is 2.86. The van der Waals surface area contributed by atoms with Crippen molar-refractivity contribution in [1.29, 1.82) is 0 Å². The van der Waals surface area contributed by atoms with Gasteiger partial charge in [0.25, 0.3) is 0 Å². The van der Waals surface area contributed by atoms with Gasteiger partial charge in [-0.05, 0) is 18.8 Å². The van der Waals surface area contributed by atoms with E-state index in [2.05, 4.69) is 17.2 Å². The molecule has 1 aliphatic rings. The van der Waals surface area contributed by atoms with Crippen LogP contribution in [0.15, 0.2) is 11.6 Å². The number of nitrogens with one attached hydrogen (secondary N) is 1. The lowest BCUT2D eigenvalue weighted by molar-refractivity contribution is 0.425. The van der Waals surface area contributed by atoms with E-state index >= 15 is 0 Å². The largest absolute Gasteiger partial charge is 0.307 e.